The molecule has 0 radical (unpaired) electrons. The maximum Gasteiger partial charge on any atom is 0.228 e. The van der Waals surface area contributed by atoms with Crippen LogP contribution in [0.2, 0.25) is 0 Å². The van der Waals surface area contributed by atoms with E-state index in [1.165, 1.54) is 12.1 Å². The summed E-state index contributed by atoms with van der Waals surface area (Å²) in [5, 5.41) is 5.82. The van der Waals surface area contributed by atoms with E-state index in [1.807, 2.05) is 32.0 Å². The molecule has 4 nitrogen and oxygen atoms in total. The summed E-state index contributed by atoms with van der Waals surface area (Å²) in [6.07, 6.45) is 1.22. The van der Waals surface area contributed by atoms with Gasteiger partial charge < -0.3 is 10.6 Å². The van der Waals surface area contributed by atoms with Crippen molar-refractivity contribution in [3.63, 3.8) is 0 Å². The fourth-order valence-corrected chi connectivity index (χ4v) is 3.11. The van der Waals surface area contributed by atoms with Crippen LogP contribution in [0.1, 0.15) is 23.1 Å². The van der Waals surface area contributed by atoms with Crippen molar-refractivity contribution < 1.29 is 14.0 Å². The average Bonchev–Trinajstić information content (AvgIpc) is 3.41. The van der Waals surface area contributed by atoms with Gasteiger partial charge in [0.15, 0.2) is 0 Å². The number of halogens is 1. The fourth-order valence-electron chi connectivity index (χ4n) is 3.11. The van der Waals surface area contributed by atoms with Gasteiger partial charge in [-0.2, -0.15) is 0 Å². The molecule has 1 saturated carbocycles. The van der Waals surface area contributed by atoms with E-state index in [4.69, 9.17) is 0 Å². The Morgan fingerprint density at radius 1 is 1.00 bits per heavy atom. The van der Waals surface area contributed by atoms with Gasteiger partial charge in [0.25, 0.3) is 0 Å². The zero-order valence-electron chi connectivity index (χ0n) is 15.0. The summed E-state index contributed by atoms with van der Waals surface area (Å²) in [6, 6.07) is 12.1. The van der Waals surface area contributed by atoms with Gasteiger partial charge in [-0.25, -0.2) is 4.39 Å². The van der Waals surface area contributed by atoms with Crippen molar-refractivity contribution in [2.24, 2.45) is 11.8 Å². The number of benzene rings is 2. The Hall–Kier alpha value is -2.69. The molecular weight excluding hydrogens is 331 g/mol. The molecule has 5 heteroatoms. The van der Waals surface area contributed by atoms with E-state index in [0.29, 0.717) is 19.4 Å². The summed E-state index contributed by atoms with van der Waals surface area (Å²) in [6.45, 7) is 4.39. The standard InChI is InChI=1S/C21H23FN2O2/c1-13-4-3-5-14(2)19(13)24-21(26)18-12-17(18)20(25)23-11-10-15-6-8-16(22)9-7-15/h3-9,17-18H,10-12H2,1-2H3,(H,23,25)(H,24,26). The Morgan fingerprint density at radius 2 is 1.62 bits per heavy atom. The summed E-state index contributed by atoms with van der Waals surface area (Å²) < 4.78 is 12.9. The smallest absolute Gasteiger partial charge is 0.228 e. The number of hydrogen-bond donors (Lipinski definition) is 2. The molecule has 0 aromatic heterocycles. The second-order valence-electron chi connectivity index (χ2n) is 6.87. The van der Waals surface area contributed by atoms with Crippen molar-refractivity contribution in [3.05, 3.63) is 65.0 Å². The Labute approximate surface area is 152 Å². The summed E-state index contributed by atoms with van der Waals surface area (Å²) in [5.41, 5.74) is 3.82. The number of amides is 2. The van der Waals surface area contributed by atoms with Crippen LogP contribution in [0.4, 0.5) is 10.1 Å². The minimum atomic E-state index is -0.270. The third-order valence-corrected chi connectivity index (χ3v) is 4.82. The first-order valence-electron chi connectivity index (χ1n) is 8.85. The number of anilines is 1. The largest absolute Gasteiger partial charge is 0.356 e. The lowest BCUT2D eigenvalue weighted by molar-refractivity contribution is -0.125. The molecule has 2 aromatic rings. The Bertz CT molecular complexity index is 797. The molecule has 1 aliphatic rings. The summed E-state index contributed by atoms with van der Waals surface area (Å²) in [5.74, 6) is -0.976. The van der Waals surface area contributed by atoms with Gasteiger partial charge in [-0.15, -0.1) is 0 Å². The molecule has 0 heterocycles. The molecular formula is C21H23FN2O2. The van der Waals surface area contributed by atoms with Crippen LogP contribution in [-0.4, -0.2) is 18.4 Å². The lowest BCUT2D eigenvalue weighted by Crippen LogP contribution is -2.29. The van der Waals surface area contributed by atoms with Gasteiger partial charge in [-0.1, -0.05) is 30.3 Å². The highest BCUT2D eigenvalue weighted by Crippen LogP contribution is 2.39. The molecule has 0 saturated heterocycles. The minimum absolute atomic E-state index is 0.0891. The van der Waals surface area contributed by atoms with Gasteiger partial charge in [-0.3, -0.25) is 9.59 Å². The predicted molar refractivity (Wildman–Crippen MR) is 99.3 cm³/mol. The topological polar surface area (TPSA) is 58.2 Å². The van der Waals surface area contributed by atoms with Crippen LogP contribution in [0.25, 0.3) is 0 Å². The summed E-state index contributed by atoms with van der Waals surface area (Å²) in [7, 11) is 0. The zero-order chi connectivity index (χ0) is 18.7. The molecule has 1 aliphatic carbocycles. The van der Waals surface area contributed by atoms with Gasteiger partial charge in [0.2, 0.25) is 11.8 Å². The molecule has 0 spiro atoms. The number of rotatable bonds is 6. The van der Waals surface area contributed by atoms with Crippen LogP contribution in [0, 0.1) is 31.5 Å². The Morgan fingerprint density at radius 3 is 2.27 bits per heavy atom. The predicted octanol–water partition coefficient (Wildman–Crippen LogP) is 3.38. The number of para-hydroxylation sites is 1. The second-order valence-corrected chi connectivity index (χ2v) is 6.87. The molecule has 136 valence electrons. The number of aryl methyl sites for hydroxylation is 2. The highest BCUT2D eigenvalue weighted by molar-refractivity contribution is 6.00. The van der Waals surface area contributed by atoms with Crippen molar-refractivity contribution >= 4 is 17.5 Å². The van der Waals surface area contributed by atoms with Gasteiger partial charge in [0.1, 0.15) is 5.82 Å². The first-order valence-corrected chi connectivity index (χ1v) is 8.85. The molecule has 2 amide bonds. The molecule has 2 atom stereocenters. The first kappa shape index (κ1) is 18.1. The van der Waals surface area contributed by atoms with Crippen LogP contribution in [0.15, 0.2) is 42.5 Å². The highest BCUT2D eigenvalue weighted by Gasteiger charge is 2.48. The zero-order valence-corrected chi connectivity index (χ0v) is 15.0. The van der Waals surface area contributed by atoms with Gasteiger partial charge >= 0.3 is 0 Å². The molecule has 3 rings (SSSR count). The van der Waals surface area contributed by atoms with Crippen LogP contribution in [0.5, 0.6) is 0 Å². The molecule has 2 unspecified atom stereocenters. The third-order valence-electron chi connectivity index (χ3n) is 4.82. The van der Waals surface area contributed by atoms with E-state index in [1.54, 1.807) is 12.1 Å². The van der Waals surface area contributed by atoms with E-state index in [0.717, 1.165) is 22.4 Å². The van der Waals surface area contributed by atoms with E-state index < -0.39 is 0 Å². The van der Waals surface area contributed by atoms with Gasteiger partial charge in [0, 0.05) is 12.2 Å². The molecule has 2 N–H and O–H groups in total. The van der Waals surface area contributed by atoms with Gasteiger partial charge in [0.05, 0.1) is 11.8 Å². The molecule has 1 fully saturated rings. The van der Waals surface area contributed by atoms with Gasteiger partial charge in [-0.05, 0) is 55.5 Å². The summed E-state index contributed by atoms with van der Waals surface area (Å²) >= 11 is 0. The second kappa shape index (κ2) is 7.68. The van der Waals surface area contributed by atoms with Crippen molar-refractivity contribution in [1.29, 1.82) is 0 Å². The van der Waals surface area contributed by atoms with E-state index in [-0.39, 0.29) is 29.5 Å². The monoisotopic (exact) mass is 354 g/mol. The highest BCUT2D eigenvalue weighted by atomic mass is 19.1. The van der Waals surface area contributed by atoms with Crippen LogP contribution < -0.4 is 10.6 Å². The first-order chi connectivity index (χ1) is 12.5. The SMILES string of the molecule is Cc1cccc(C)c1NC(=O)C1CC1C(=O)NCCc1ccc(F)cc1. The number of nitrogens with one attached hydrogen (secondary N) is 2. The van der Waals surface area contributed by atoms with Crippen LogP contribution >= 0.6 is 0 Å². The molecule has 0 bridgehead atoms. The number of hydrogen-bond acceptors (Lipinski definition) is 2. The van der Waals surface area contributed by atoms with Crippen molar-refractivity contribution in [1.82, 2.24) is 5.32 Å². The van der Waals surface area contributed by atoms with Crippen molar-refractivity contribution in [3.8, 4) is 0 Å². The lowest BCUT2D eigenvalue weighted by atomic mass is 10.1. The van der Waals surface area contributed by atoms with E-state index >= 15 is 0 Å². The average molecular weight is 354 g/mol. The lowest BCUT2D eigenvalue weighted by Gasteiger charge is -2.11. The van der Waals surface area contributed by atoms with Crippen molar-refractivity contribution in [2.45, 2.75) is 26.7 Å². The number of carbonyl (C=O) groups excluding carboxylic acids is 2. The van der Waals surface area contributed by atoms with Crippen LogP contribution in [0.3, 0.4) is 0 Å². The normalized spacial score (nSPS) is 18.3. The van der Waals surface area contributed by atoms with Crippen LogP contribution in [-0.2, 0) is 16.0 Å². The number of carbonyl (C=O) groups is 2. The molecule has 2 aromatic carbocycles. The maximum absolute atomic E-state index is 12.9. The minimum Gasteiger partial charge on any atom is -0.356 e. The molecule has 26 heavy (non-hydrogen) atoms. The fraction of sp³-hybridized carbons (Fsp3) is 0.333. The summed E-state index contributed by atoms with van der Waals surface area (Å²) in [4.78, 5) is 24.6. The third kappa shape index (κ3) is 4.28. The van der Waals surface area contributed by atoms with E-state index in [2.05, 4.69) is 10.6 Å². The molecule has 0 aliphatic heterocycles. The Kier molecular flexibility index (Phi) is 5.35. The quantitative estimate of drug-likeness (QED) is 0.836. The Balaban J connectivity index is 1.46. The maximum atomic E-state index is 12.9. The van der Waals surface area contributed by atoms with E-state index in [9.17, 15) is 14.0 Å². The van der Waals surface area contributed by atoms with Crippen molar-refractivity contribution in [2.75, 3.05) is 11.9 Å².